The van der Waals surface area contributed by atoms with Gasteiger partial charge in [-0.2, -0.15) is 0 Å². The molecule has 10 heavy (non-hydrogen) atoms. The summed E-state index contributed by atoms with van der Waals surface area (Å²) in [6.45, 7) is 3.93. The number of ether oxygens (including phenoxy) is 1. The van der Waals surface area contributed by atoms with Gasteiger partial charge in [0.1, 0.15) is 0 Å². The van der Waals surface area contributed by atoms with Crippen molar-refractivity contribution >= 4 is 18.0 Å². The number of hydrogen-bond acceptors (Lipinski definition) is 4. The van der Waals surface area contributed by atoms with Gasteiger partial charge in [-0.05, 0) is 19.0 Å². The van der Waals surface area contributed by atoms with E-state index in [1.54, 1.807) is 13.8 Å². The molecule has 0 aliphatic carbocycles. The van der Waals surface area contributed by atoms with Crippen LogP contribution >= 0.6 is 12.0 Å². The Bertz CT molecular complexity index is 105. The van der Waals surface area contributed by atoms with Crippen LogP contribution in [0.2, 0.25) is 0 Å². The molecule has 0 fully saturated rings. The molecule has 0 spiro atoms. The summed E-state index contributed by atoms with van der Waals surface area (Å²) in [5, 5.41) is -0.0703. The minimum absolute atomic E-state index is 0.0703. The fraction of sp³-hybridized carbons (Fsp3) is 0.833. The van der Waals surface area contributed by atoms with Crippen LogP contribution in [0.3, 0.4) is 0 Å². The lowest BCUT2D eigenvalue weighted by Crippen LogP contribution is -2.10. The van der Waals surface area contributed by atoms with E-state index in [0.29, 0.717) is 18.6 Å². The van der Waals surface area contributed by atoms with Crippen molar-refractivity contribution in [3.05, 3.63) is 0 Å². The zero-order valence-electron chi connectivity index (χ0n) is 6.16. The third kappa shape index (κ3) is 4.64. The molecule has 1 atom stereocenters. The van der Waals surface area contributed by atoms with Gasteiger partial charge in [0.25, 0.3) is 0 Å². The summed E-state index contributed by atoms with van der Waals surface area (Å²) in [4.78, 5) is 10.7. The molecule has 1 N–H and O–H groups in total. The van der Waals surface area contributed by atoms with E-state index in [9.17, 15) is 4.79 Å². The fourth-order valence-corrected chi connectivity index (χ4v) is 0.703. The van der Waals surface area contributed by atoms with Crippen molar-refractivity contribution in [2.45, 2.75) is 25.5 Å². The monoisotopic (exact) mass is 164 g/mol. The van der Waals surface area contributed by atoms with Crippen molar-refractivity contribution < 1.29 is 14.1 Å². The molecule has 0 aliphatic rings. The Labute approximate surface area is 65.0 Å². The maximum atomic E-state index is 10.7. The topological polar surface area (TPSA) is 46.5 Å². The Kier molecular flexibility index (Phi) is 5.43. The smallest absolute Gasteiger partial charge is 0.306 e. The van der Waals surface area contributed by atoms with Gasteiger partial charge in [0.2, 0.25) is 0 Å². The quantitative estimate of drug-likeness (QED) is 0.505. The molecule has 0 radical (unpaired) electrons. The first-order valence-electron chi connectivity index (χ1n) is 3.16. The minimum Gasteiger partial charge on any atom is -0.466 e. The van der Waals surface area contributed by atoms with Gasteiger partial charge >= 0.3 is 5.97 Å². The Morgan fingerprint density at radius 1 is 1.80 bits per heavy atom. The number of carbonyl (C=O) groups excluding carboxylic acids is 1. The van der Waals surface area contributed by atoms with Gasteiger partial charge in [0, 0.05) is 5.25 Å². The Morgan fingerprint density at radius 2 is 2.40 bits per heavy atom. The minimum atomic E-state index is -0.253. The first-order chi connectivity index (χ1) is 4.70. The molecule has 3 nitrogen and oxygen atoms in total. The van der Waals surface area contributed by atoms with Crippen LogP contribution in [0.5, 0.6) is 0 Å². The zero-order valence-corrected chi connectivity index (χ0v) is 6.98. The predicted octanol–water partition coefficient (Wildman–Crippen LogP) is 1.53. The van der Waals surface area contributed by atoms with Crippen LogP contribution in [0, 0.1) is 0 Å². The maximum absolute atomic E-state index is 10.7. The van der Waals surface area contributed by atoms with Gasteiger partial charge in [0.15, 0.2) is 0 Å². The van der Waals surface area contributed by atoms with Crippen LogP contribution in [-0.4, -0.2) is 22.4 Å². The van der Waals surface area contributed by atoms with Gasteiger partial charge in [-0.25, -0.2) is 0 Å². The standard InChI is InChI=1S/C6H12O3S/c1-3-9-6(7)4-5(2)10-8/h5,8H,3-4H2,1-2H3. The summed E-state index contributed by atoms with van der Waals surface area (Å²) in [5.74, 6) is -0.253. The molecular formula is C6H12O3S. The third-order valence-corrected chi connectivity index (χ3v) is 1.47. The second-order valence-electron chi connectivity index (χ2n) is 1.93. The van der Waals surface area contributed by atoms with E-state index in [1.165, 1.54) is 0 Å². The maximum Gasteiger partial charge on any atom is 0.306 e. The highest BCUT2D eigenvalue weighted by Gasteiger charge is 2.08. The molecular weight excluding hydrogens is 152 g/mol. The van der Waals surface area contributed by atoms with Crippen LogP contribution in [0.1, 0.15) is 20.3 Å². The first-order valence-corrected chi connectivity index (χ1v) is 4.00. The van der Waals surface area contributed by atoms with Crippen molar-refractivity contribution in [2.75, 3.05) is 6.61 Å². The summed E-state index contributed by atoms with van der Waals surface area (Å²) in [7, 11) is 0. The van der Waals surface area contributed by atoms with Crippen LogP contribution in [-0.2, 0) is 9.53 Å². The lowest BCUT2D eigenvalue weighted by atomic mass is 10.3. The first kappa shape index (κ1) is 9.78. The van der Waals surface area contributed by atoms with E-state index < -0.39 is 0 Å². The summed E-state index contributed by atoms with van der Waals surface area (Å²) < 4.78 is 13.1. The highest BCUT2D eigenvalue weighted by Crippen LogP contribution is 2.09. The normalized spacial score (nSPS) is 12.7. The highest BCUT2D eigenvalue weighted by atomic mass is 32.2. The highest BCUT2D eigenvalue weighted by molar-refractivity contribution is 7.94. The molecule has 60 valence electrons. The van der Waals surface area contributed by atoms with Crippen molar-refractivity contribution in [1.82, 2.24) is 0 Å². The molecule has 1 unspecified atom stereocenters. The average Bonchev–Trinajstić information content (AvgIpc) is 1.88. The van der Waals surface area contributed by atoms with Crippen LogP contribution in [0.15, 0.2) is 0 Å². The van der Waals surface area contributed by atoms with Gasteiger partial charge in [-0.1, -0.05) is 6.92 Å². The molecule has 0 heterocycles. The van der Waals surface area contributed by atoms with Gasteiger partial charge < -0.3 is 9.29 Å². The van der Waals surface area contributed by atoms with Crippen molar-refractivity contribution in [2.24, 2.45) is 0 Å². The summed E-state index contributed by atoms with van der Waals surface area (Å²) in [6, 6.07) is 0. The van der Waals surface area contributed by atoms with E-state index in [1.807, 2.05) is 0 Å². The van der Waals surface area contributed by atoms with Crippen LogP contribution in [0.25, 0.3) is 0 Å². The van der Waals surface area contributed by atoms with Crippen molar-refractivity contribution in [1.29, 1.82) is 0 Å². The Morgan fingerprint density at radius 3 is 2.80 bits per heavy atom. The molecule has 0 aromatic heterocycles. The van der Waals surface area contributed by atoms with Gasteiger partial charge in [0.05, 0.1) is 13.0 Å². The van der Waals surface area contributed by atoms with E-state index in [4.69, 9.17) is 4.55 Å². The van der Waals surface area contributed by atoms with Gasteiger partial charge in [-0.3, -0.25) is 4.79 Å². The van der Waals surface area contributed by atoms with E-state index in [2.05, 4.69) is 4.74 Å². The summed E-state index contributed by atoms with van der Waals surface area (Å²) in [5.41, 5.74) is 0. The van der Waals surface area contributed by atoms with Crippen LogP contribution in [0.4, 0.5) is 0 Å². The van der Waals surface area contributed by atoms with Crippen LogP contribution < -0.4 is 0 Å². The molecule has 4 heteroatoms. The predicted molar refractivity (Wildman–Crippen MR) is 40.9 cm³/mol. The number of hydrogen-bond donors (Lipinski definition) is 1. The Hall–Kier alpha value is -0.220. The second-order valence-corrected chi connectivity index (χ2v) is 2.94. The molecule has 0 amide bonds. The number of esters is 1. The second kappa shape index (κ2) is 5.56. The fourth-order valence-electron chi connectivity index (χ4n) is 0.492. The largest absolute Gasteiger partial charge is 0.466 e. The molecule has 0 rings (SSSR count). The summed E-state index contributed by atoms with van der Waals surface area (Å²) >= 11 is 0.678. The van der Waals surface area contributed by atoms with E-state index >= 15 is 0 Å². The average molecular weight is 164 g/mol. The van der Waals surface area contributed by atoms with E-state index in [0.717, 1.165) is 0 Å². The Balaban J connectivity index is 3.37. The van der Waals surface area contributed by atoms with E-state index in [-0.39, 0.29) is 17.6 Å². The summed E-state index contributed by atoms with van der Waals surface area (Å²) in [6.07, 6.45) is 0.273. The molecule has 0 aromatic rings. The molecule has 0 bridgehead atoms. The third-order valence-electron chi connectivity index (χ3n) is 0.939. The lowest BCUT2D eigenvalue weighted by molar-refractivity contribution is -0.143. The van der Waals surface area contributed by atoms with Crippen molar-refractivity contribution in [3.63, 3.8) is 0 Å². The molecule has 0 aliphatic heterocycles. The number of rotatable bonds is 4. The lowest BCUT2D eigenvalue weighted by Gasteiger charge is -2.04. The van der Waals surface area contributed by atoms with Crippen molar-refractivity contribution in [3.8, 4) is 0 Å². The molecule has 0 saturated heterocycles. The number of carbonyl (C=O) groups is 1. The SMILES string of the molecule is CCOC(=O)CC(C)SO. The molecule has 0 saturated carbocycles. The zero-order chi connectivity index (χ0) is 7.98. The molecule has 0 aromatic carbocycles. The van der Waals surface area contributed by atoms with Gasteiger partial charge in [-0.15, -0.1) is 0 Å².